The number of hydrogen-bond donors (Lipinski definition) is 3. The van der Waals surface area contributed by atoms with Gasteiger partial charge in [-0.05, 0) is 122 Å². The minimum Gasteiger partial charge on any atom is -0.481 e. The van der Waals surface area contributed by atoms with Crippen molar-refractivity contribution in [1.29, 1.82) is 0 Å². The molecule has 0 heterocycles. The van der Waals surface area contributed by atoms with Gasteiger partial charge in [-0.2, -0.15) is 0 Å². The van der Waals surface area contributed by atoms with Crippen LogP contribution in [0.1, 0.15) is 106 Å². The van der Waals surface area contributed by atoms with Crippen molar-refractivity contribution < 1.29 is 15.0 Å². The Morgan fingerprint density at radius 2 is 1.61 bits per heavy atom. The summed E-state index contributed by atoms with van der Waals surface area (Å²) in [5.41, 5.74) is 1.68. The first-order valence-electron chi connectivity index (χ1n) is 15.0. The van der Waals surface area contributed by atoms with E-state index in [1.165, 1.54) is 44.1 Å². The lowest BCUT2D eigenvalue weighted by Gasteiger charge is -2.73. The molecule has 36 heavy (non-hydrogen) atoms. The highest BCUT2D eigenvalue weighted by Gasteiger charge is 2.72. The lowest BCUT2D eigenvalue weighted by molar-refractivity contribution is -0.240. The van der Waals surface area contributed by atoms with E-state index in [0.717, 1.165) is 25.7 Å². The molecule has 5 aliphatic rings. The summed E-state index contributed by atoms with van der Waals surface area (Å²) in [5.74, 6) is 1.96. The smallest absolute Gasteiger partial charge is 0.309 e. The maximum Gasteiger partial charge on any atom is 0.309 e. The van der Waals surface area contributed by atoms with Gasteiger partial charge in [0.05, 0.1) is 12.0 Å². The van der Waals surface area contributed by atoms with Crippen molar-refractivity contribution in [2.45, 2.75) is 112 Å². The average molecular weight is 500 g/mol. The van der Waals surface area contributed by atoms with Gasteiger partial charge in [0.25, 0.3) is 0 Å². The molecule has 0 spiro atoms. The molecule has 1 unspecified atom stereocenters. The molecule has 5 rings (SSSR count). The molecule has 0 aliphatic heterocycles. The zero-order chi connectivity index (χ0) is 26.3. The number of rotatable bonds is 5. The van der Waals surface area contributed by atoms with Crippen LogP contribution >= 0.6 is 0 Å². The molecule has 0 amide bonds. The SMILES string of the molecule is C=C(C)[C@@H]1CC[C@]2(C(=O)O)CC[C@]3(C)[C@H](CC[C@@H]4[C@@]5(C)CCC(NCCO)C(C)(C)[C@@H]5CC[C@]43C)[C@@H]12. The number of allylic oxidation sites excluding steroid dienone is 1. The standard InChI is InChI=1S/C32H53NO3/c1-20(2)21-10-15-32(27(35)36)17-16-30(6)22(26(21)32)8-9-24-29(5)13-12-25(33-18-19-34)28(3,4)23(29)11-14-31(24,30)7/h21-26,33-34H,1,8-19H2,2-7H3,(H,35,36)/t21-,22+,23-,24+,25?,26+,29-,30+,31+,32-/m0/s1. The molecule has 0 radical (unpaired) electrons. The summed E-state index contributed by atoms with van der Waals surface area (Å²) in [6.45, 7) is 20.2. The van der Waals surface area contributed by atoms with Crippen molar-refractivity contribution in [1.82, 2.24) is 5.32 Å². The Morgan fingerprint density at radius 3 is 2.25 bits per heavy atom. The summed E-state index contributed by atoms with van der Waals surface area (Å²) in [7, 11) is 0. The largest absolute Gasteiger partial charge is 0.481 e. The van der Waals surface area contributed by atoms with Crippen molar-refractivity contribution in [2.24, 2.45) is 56.7 Å². The van der Waals surface area contributed by atoms with Crippen LogP contribution in [0.4, 0.5) is 0 Å². The predicted octanol–water partition coefficient (Wildman–Crippen LogP) is 6.68. The third-order valence-corrected chi connectivity index (χ3v) is 14.0. The van der Waals surface area contributed by atoms with Crippen LogP contribution in [0.25, 0.3) is 0 Å². The number of hydrogen-bond acceptors (Lipinski definition) is 3. The normalized spacial score (nSPS) is 51.4. The average Bonchev–Trinajstić information content (AvgIpc) is 3.20. The first-order chi connectivity index (χ1) is 16.8. The molecule has 0 aromatic heterocycles. The predicted molar refractivity (Wildman–Crippen MR) is 145 cm³/mol. The van der Waals surface area contributed by atoms with E-state index in [0.29, 0.717) is 41.7 Å². The number of carboxylic acids is 1. The zero-order valence-electron chi connectivity index (χ0n) is 24.0. The van der Waals surface area contributed by atoms with E-state index in [1.807, 2.05) is 0 Å². The highest BCUT2D eigenvalue weighted by atomic mass is 16.4. The summed E-state index contributed by atoms with van der Waals surface area (Å²) in [6, 6.07) is 0.472. The molecule has 0 aromatic rings. The number of nitrogens with one attached hydrogen (secondary N) is 1. The van der Waals surface area contributed by atoms with Crippen LogP contribution in [-0.2, 0) is 4.79 Å². The van der Waals surface area contributed by atoms with Gasteiger partial charge in [0, 0.05) is 12.6 Å². The number of carbonyl (C=O) groups is 1. The monoisotopic (exact) mass is 499 g/mol. The van der Waals surface area contributed by atoms with Crippen molar-refractivity contribution in [3.63, 3.8) is 0 Å². The molecule has 4 heteroatoms. The second-order valence-electron chi connectivity index (χ2n) is 15.2. The van der Waals surface area contributed by atoms with Gasteiger partial charge in [-0.25, -0.2) is 0 Å². The van der Waals surface area contributed by atoms with E-state index in [-0.39, 0.29) is 28.8 Å². The lowest BCUT2D eigenvalue weighted by Crippen LogP contribution is -2.67. The van der Waals surface area contributed by atoms with E-state index in [1.54, 1.807) is 0 Å². The van der Waals surface area contributed by atoms with Gasteiger partial charge >= 0.3 is 5.97 Å². The molecular formula is C32H53NO3. The van der Waals surface area contributed by atoms with Crippen LogP contribution in [0.15, 0.2) is 12.2 Å². The van der Waals surface area contributed by atoms with Gasteiger partial charge in [-0.1, -0.05) is 46.8 Å². The first kappa shape index (κ1) is 26.7. The van der Waals surface area contributed by atoms with Gasteiger partial charge in [0.1, 0.15) is 0 Å². The van der Waals surface area contributed by atoms with Crippen LogP contribution < -0.4 is 5.32 Å². The number of fused-ring (bicyclic) bond motifs is 7. The van der Waals surface area contributed by atoms with Crippen LogP contribution in [0, 0.1) is 56.7 Å². The van der Waals surface area contributed by atoms with Crippen molar-refractivity contribution in [3.8, 4) is 0 Å². The lowest BCUT2D eigenvalue weighted by atomic mass is 9.32. The number of aliphatic hydroxyl groups is 1. The first-order valence-corrected chi connectivity index (χ1v) is 15.0. The fourth-order valence-corrected chi connectivity index (χ4v) is 12.1. The minimum absolute atomic E-state index is 0.196. The van der Waals surface area contributed by atoms with E-state index in [4.69, 9.17) is 0 Å². The molecule has 5 saturated carbocycles. The van der Waals surface area contributed by atoms with E-state index in [9.17, 15) is 15.0 Å². The molecule has 5 fully saturated rings. The number of aliphatic hydroxyl groups excluding tert-OH is 1. The fraction of sp³-hybridized carbons (Fsp3) is 0.906. The molecule has 3 N–H and O–H groups in total. The fourth-order valence-electron chi connectivity index (χ4n) is 12.1. The second-order valence-corrected chi connectivity index (χ2v) is 15.2. The second kappa shape index (κ2) is 8.57. The van der Waals surface area contributed by atoms with Gasteiger partial charge in [-0.3, -0.25) is 4.79 Å². The van der Waals surface area contributed by atoms with E-state index >= 15 is 0 Å². The van der Waals surface area contributed by atoms with Gasteiger partial charge in [-0.15, -0.1) is 0 Å². The van der Waals surface area contributed by atoms with Gasteiger partial charge in [0.15, 0.2) is 0 Å². The Kier molecular flexibility index (Phi) is 6.36. The summed E-state index contributed by atoms with van der Waals surface area (Å²) >= 11 is 0. The Labute approximate surface area is 220 Å². The third kappa shape index (κ3) is 3.28. The number of carboxylic acid groups (broad SMARTS) is 1. The molecule has 0 bridgehead atoms. The summed E-state index contributed by atoms with van der Waals surface area (Å²) in [5, 5.41) is 23.7. The van der Waals surface area contributed by atoms with Crippen molar-refractivity contribution >= 4 is 5.97 Å². The van der Waals surface area contributed by atoms with Crippen LogP contribution in [-0.4, -0.2) is 35.4 Å². The quantitative estimate of drug-likeness (QED) is 0.369. The molecule has 5 aliphatic carbocycles. The molecule has 0 aromatic carbocycles. The minimum atomic E-state index is -0.531. The maximum absolute atomic E-state index is 12.8. The molecule has 0 saturated heterocycles. The van der Waals surface area contributed by atoms with E-state index < -0.39 is 11.4 Å². The van der Waals surface area contributed by atoms with Crippen LogP contribution in [0.2, 0.25) is 0 Å². The van der Waals surface area contributed by atoms with Crippen molar-refractivity contribution in [2.75, 3.05) is 13.2 Å². The van der Waals surface area contributed by atoms with Gasteiger partial charge in [0.2, 0.25) is 0 Å². The number of aliphatic carboxylic acids is 1. The summed E-state index contributed by atoms with van der Waals surface area (Å²) in [6.07, 6.45) is 11.2. The van der Waals surface area contributed by atoms with Crippen molar-refractivity contribution in [3.05, 3.63) is 12.2 Å². The van der Waals surface area contributed by atoms with Crippen LogP contribution in [0.5, 0.6) is 0 Å². The highest BCUT2D eigenvalue weighted by Crippen LogP contribution is 2.77. The molecule has 10 atom stereocenters. The van der Waals surface area contributed by atoms with Crippen LogP contribution in [0.3, 0.4) is 0 Å². The molecule has 204 valence electrons. The third-order valence-electron chi connectivity index (χ3n) is 14.0. The summed E-state index contributed by atoms with van der Waals surface area (Å²) in [4.78, 5) is 12.8. The highest BCUT2D eigenvalue weighted by molar-refractivity contribution is 5.76. The topological polar surface area (TPSA) is 69.6 Å². The Morgan fingerprint density at radius 1 is 0.889 bits per heavy atom. The zero-order valence-corrected chi connectivity index (χ0v) is 24.0. The summed E-state index contributed by atoms with van der Waals surface area (Å²) < 4.78 is 0. The maximum atomic E-state index is 12.8. The molecule has 4 nitrogen and oxygen atoms in total. The van der Waals surface area contributed by atoms with E-state index in [2.05, 4.69) is 53.4 Å². The Balaban J connectivity index is 1.51. The van der Waals surface area contributed by atoms with Gasteiger partial charge < -0.3 is 15.5 Å². The molecular weight excluding hydrogens is 446 g/mol. The Hall–Kier alpha value is -0.870. The Bertz CT molecular complexity index is 913.